The molecule has 0 bridgehead atoms. The average Bonchev–Trinajstić information content (AvgIpc) is 2.26. The van der Waals surface area contributed by atoms with E-state index in [1.165, 1.54) is 0 Å². The van der Waals surface area contributed by atoms with Crippen molar-refractivity contribution >= 4 is 18.5 Å². The van der Waals surface area contributed by atoms with E-state index in [1.54, 1.807) is 12.1 Å². The Balaban J connectivity index is 2.62. The maximum absolute atomic E-state index is 11.4. The smallest absolute Gasteiger partial charge is 0.251 e. The molecule has 0 aliphatic rings. The summed E-state index contributed by atoms with van der Waals surface area (Å²) in [6, 6.07) is 7.22. The van der Waals surface area contributed by atoms with Crippen LogP contribution in [0.1, 0.15) is 15.9 Å². The molecule has 4 heteroatoms. The highest BCUT2D eigenvalue weighted by atomic mass is 32.1. The van der Waals surface area contributed by atoms with Gasteiger partial charge in [-0.2, -0.15) is 12.6 Å². The molecule has 0 radical (unpaired) electrons. The maximum Gasteiger partial charge on any atom is 0.251 e. The summed E-state index contributed by atoms with van der Waals surface area (Å²) in [6.45, 7) is 0.244. The van der Waals surface area contributed by atoms with Crippen LogP contribution in [-0.4, -0.2) is 24.2 Å². The van der Waals surface area contributed by atoms with Crippen molar-refractivity contribution in [1.82, 2.24) is 5.32 Å². The Bertz CT molecular complexity index is 297. The van der Waals surface area contributed by atoms with Gasteiger partial charge in [0.25, 0.3) is 5.91 Å². The number of aliphatic hydroxyl groups is 1. The molecule has 1 aromatic carbocycles. The van der Waals surface area contributed by atoms with Crippen LogP contribution in [0.25, 0.3) is 0 Å². The molecule has 14 heavy (non-hydrogen) atoms. The van der Waals surface area contributed by atoms with Gasteiger partial charge < -0.3 is 10.4 Å². The zero-order valence-electron chi connectivity index (χ0n) is 7.73. The number of aliphatic hydroxyl groups excluding tert-OH is 1. The van der Waals surface area contributed by atoms with Crippen molar-refractivity contribution in [3.63, 3.8) is 0 Å². The predicted molar refractivity (Wildman–Crippen MR) is 58.6 cm³/mol. The van der Waals surface area contributed by atoms with Crippen LogP contribution in [0.15, 0.2) is 24.3 Å². The minimum atomic E-state index is -0.162. The molecule has 0 spiro atoms. The summed E-state index contributed by atoms with van der Waals surface area (Å²) in [4.78, 5) is 11.4. The highest BCUT2D eigenvalue weighted by molar-refractivity contribution is 7.79. The average molecular weight is 211 g/mol. The first-order valence-corrected chi connectivity index (χ1v) is 5.00. The molecule has 0 unspecified atom stereocenters. The molecule has 1 aromatic rings. The first kappa shape index (κ1) is 11.1. The molecule has 1 rings (SSSR count). The molecule has 76 valence electrons. The van der Waals surface area contributed by atoms with Crippen LogP contribution >= 0.6 is 12.6 Å². The molecule has 0 atom stereocenters. The number of rotatable bonds is 4. The summed E-state index contributed by atoms with van der Waals surface area (Å²) in [5.41, 5.74) is 1.68. The van der Waals surface area contributed by atoms with E-state index in [2.05, 4.69) is 17.9 Å². The lowest BCUT2D eigenvalue weighted by molar-refractivity contribution is 0.0945. The van der Waals surface area contributed by atoms with E-state index in [0.717, 1.165) is 5.56 Å². The van der Waals surface area contributed by atoms with Crippen LogP contribution in [0.4, 0.5) is 0 Å². The van der Waals surface area contributed by atoms with Crippen LogP contribution in [0, 0.1) is 0 Å². The Morgan fingerprint density at radius 3 is 2.50 bits per heavy atom. The predicted octanol–water partition coefficient (Wildman–Crippen LogP) is 0.839. The molecule has 0 aliphatic carbocycles. The molecule has 0 saturated carbocycles. The first-order valence-electron chi connectivity index (χ1n) is 4.37. The normalized spacial score (nSPS) is 9.86. The summed E-state index contributed by atoms with van der Waals surface area (Å²) in [5.74, 6) is 0.503. The van der Waals surface area contributed by atoms with Gasteiger partial charge in [0.2, 0.25) is 0 Å². The number of hydrogen-bond donors (Lipinski definition) is 3. The fraction of sp³-hybridized carbons (Fsp3) is 0.300. The second-order valence-corrected chi connectivity index (χ2v) is 3.15. The maximum atomic E-state index is 11.4. The molecule has 0 aliphatic heterocycles. The van der Waals surface area contributed by atoms with Gasteiger partial charge in [-0.05, 0) is 17.7 Å². The Morgan fingerprint density at radius 1 is 1.36 bits per heavy atom. The summed E-state index contributed by atoms with van der Waals surface area (Å²) >= 11 is 4.12. The van der Waals surface area contributed by atoms with Crippen molar-refractivity contribution < 1.29 is 9.90 Å². The molecule has 0 saturated heterocycles. The summed E-state index contributed by atoms with van der Waals surface area (Å²) in [6.07, 6.45) is 0. The van der Waals surface area contributed by atoms with E-state index in [0.29, 0.717) is 11.3 Å². The van der Waals surface area contributed by atoms with Crippen molar-refractivity contribution in [3.8, 4) is 0 Å². The lowest BCUT2D eigenvalue weighted by Crippen LogP contribution is -2.26. The van der Waals surface area contributed by atoms with E-state index in [1.807, 2.05) is 12.1 Å². The van der Waals surface area contributed by atoms with E-state index >= 15 is 0 Å². The number of carbonyl (C=O) groups excluding carboxylic acids is 1. The quantitative estimate of drug-likeness (QED) is 0.646. The Hall–Kier alpha value is -1.00. The number of carbonyl (C=O) groups is 1. The minimum absolute atomic E-state index is 0.0412. The second-order valence-electron chi connectivity index (χ2n) is 2.83. The van der Waals surface area contributed by atoms with Crippen LogP contribution in [0.3, 0.4) is 0 Å². The minimum Gasteiger partial charge on any atom is -0.395 e. The van der Waals surface area contributed by atoms with Gasteiger partial charge in [-0.1, -0.05) is 12.1 Å². The summed E-state index contributed by atoms with van der Waals surface area (Å²) < 4.78 is 0. The first-order chi connectivity index (χ1) is 6.77. The molecule has 1 amide bonds. The van der Waals surface area contributed by atoms with E-state index in [4.69, 9.17) is 5.11 Å². The number of amides is 1. The Labute approximate surface area is 88.6 Å². The van der Waals surface area contributed by atoms with Gasteiger partial charge >= 0.3 is 0 Å². The zero-order chi connectivity index (χ0) is 10.4. The monoisotopic (exact) mass is 211 g/mol. The molecular formula is C10H13NO2S. The fourth-order valence-corrected chi connectivity index (χ4v) is 1.24. The van der Waals surface area contributed by atoms with Crippen LogP contribution in [0.2, 0.25) is 0 Å². The highest BCUT2D eigenvalue weighted by Crippen LogP contribution is 2.06. The third-order valence-corrected chi connectivity index (χ3v) is 2.16. The molecule has 2 N–H and O–H groups in total. The zero-order valence-corrected chi connectivity index (χ0v) is 8.63. The highest BCUT2D eigenvalue weighted by Gasteiger charge is 2.03. The molecular weight excluding hydrogens is 198 g/mol. The van der Waals surface area contributed by atoms with E-state index < -0.39 is 0 Å². The number of hydrogen-bond acceptors (Lipinski definition) is 3. The standard InChI is InChI=1S/C10H13NO2S/c12-6-5-11-10(13)9-3-1-8(7-14)2-4-9/h1-4,12,14H,5-7H2,(H,11,13). The number of nitrogens with one attached hydrogen (secondary N) is 1. The van der Waals surface area contributed by atoms with Gasteiger partial charge in [0.05, 0.1) is 6.61 Å². The molecule has 0 aromatic heterocycles. The van der Waals surface area contributed by atoms with Gasteiger partial charge in [-0.25, -0.2) is 0 Å². The molecule has 0 fully saturated rings. The largest absolute Gasteiger partial charge is 0.395 e. The van der Waals surface area contributed by atoms with E-state index in [-0.39, 0.29) is 19.1 Å². The molecule has 3 nitrogen and oxygen atoms in total. The van der Waals surface area contributed by atoms with Crippen molar-refractivity contribution in [1.29, 1.82) is 0 Å². The second kappa shape index (κ2) is 5.67. The SMILES string of the molecule is O=C(NCCO)c1ccc(CS)cc1. The van der Waals surface area contributed by atoms with Crippen LogP contribution in [0.5, 0.6) is 0 Å². The van der Waals surface area contributed by atoms with Gasteiger partial charge in [0.1, 0.15) is 0 Å². The van der Waals surface area contributed by atoms with E-state index in [9.17, 15) is 4.79 Å². The van der Waals surface area contributed by atoms with Gasteiger partial charge in [0.15, 0.2) is 0 Å². The third kappa shape index (κ3) is 3.05. The van der Waals surface area contributed by atoms with Crippen molar-refractivity contribution in [2.45, 2.75) is 5.75 Å². The van der Waals surface area contributed by atoms with Crippen LogP contribution in [-0.2, 0) is 5.75 Å². The lowest BCUT2D eigenvalue weighted by atomic mass is 10.1. The molecule has 0 heterocycles. The van der Waals surface area contributed by atoms with Gasteiger partial charge in [-0.3, -0.25) is 4.79 Å². The van der Waals surface area contributed by atoms with Crippen molar-refractivity contribution in [3.05, 3.63) is 35.4 Å². The van der Waals surface area contributed by atoms with Crippen molar-refractivity contribution in [2.24, 2.45) is 0 Å². The summed E-state index contributed by atoms with van der Waals surface area (Å²) in [7, 11) is 0. The van der Waals surface area contributed by atoms with Crippen LogP contribution < -0.4 is 5.32 Å². The Kier molecular flexibility index (Phi) is 4.49. The number of benzene rings is 1. The summed E-state index contributed by atoms with van der Waals surface area (Å²) in [5, 5.41) is 11.1. The topological polar surface area (TPSA) is 49.3 Å². The lowest BCUT2D eigenvalue weighted by Gasteiger charge is -2.03. The third-order valence-electron chi connectivity index (χ3n) is 1.80. The Morgan fingerprint density at radius 2 is 2.00 bits per heavy atom. The van der Waals surface area contributed by atoms with Gasteiger partial charge in [0, 0.05) is 17.9 Å². The van der Waals surface area contributed by atoms with Gasteiger partial charge in [-0.15, -0.1) is 0 Å². The fourth-order valence-electron chi connectivity index (χ4n) is 1.03. The number of thiol groups is 1. The van der Waals surface area contributed by atoms with Crippen molar-refractivity contribution in [2.75, 3.05) is 13.2 Å².